The second kappa shape index (κ2) is 8.91. The maximum atomic E-state index is 13.1. The Hall–Kier alpha value is -3.13. The number of carbonyl (C=O) groups excluding carboxylic acids is 1. The minimum atomic E-state index is -3.84. The Morgan fingerprint density at radius 1 is 1.10 bits per heavy atom. The number of amides is 1. The maximum Gasteiger partial charge on any atom is 0.224 e. The first-order chi connectivity index (χ1) is 13.9. The number of methoxy groups -OCH3 is 1. The summed E-state index contributed by atoms with van der Waals surface area (Å²) in [5.74, 6) is -0.00952. The quantitative estimate of drug-likeness (QED) is 0.608. The van der Waals surface area contributed by atoms with Crippen molar-refractivity contribution < 1.29 is 26.8 Å². The van der Waals surface area contributed by atoms with Crippen LogP contribution in [0.4, 0.5) is 4.39 Å². The van der Waals surface area contributed by atoms with E-state index >= 15 is 0 Å². The predicted molar refractivity (Wildman–Crippen MR) is 105 cm³/mol. The van der Waals surface area contributed by atoms with Gasteiger partial charge in [0.05, 0.1) is 24.7 Å². The lowest BCUT2D eigenvalue weighted by molar-refractivity contribution is -0.120. The van der Waals surface area contributed by atoms with Gasteiger partial charge in [-0.2, -0.15) is 0 Å². The molecule has 0 radical (unpaired) electrons. The van der Waals surface area contributed by atoms with Crippen LogP contribution in [0.1, 0.15) is 16.6 Å². The number of rotatable bonds is 8. The second-order valence-corrected chi connectivity index (χ2v) is 8.46. The highest BCUT2D eigenvalue weighted by molar-refractivity contribution is 7.91. The van der Waals surface area contributed by atoms with E-state index in [0.717, 1.165) is 0 Å². The fourth-order valence-electron chi connectivity index (χ4n) is 2.82. The lowest BCUT2D eigenvalue weighted by Crippen LogP contribution is -2.32. The number of ether oxygens (including phenoxy) is 1. The van der Waals surface area contributed by atoms with Crippen LogP contribution in [0.15, 0.2) is 76.2 Å². The third-order valence-electron chi connectivity index (χ3n) is 4.39. The summed E-state index contributed by atoms with van der Waals surface area (Å²) in [7, 11) is -2.34. The Morgan fingerprint density at radius 2 is 1.79 bits per heavy atom. The summed E-state index contributed by atoms with van der Waals surface area (Å²) in [6.07, 6.45) is 1.39. The number of nitrogens with one attached hydrogen (secondary N) is 1. The molecule has 3 aromatic rings. The minimum Gasteiger partial charge on any atom is -0.497 e. The van der Waals surface area contributed by atoms with Crippen LogP contribution in [-0.2, 0) is 21.1 Å². The van der Waals surface area contributed by atoms with Gasteiger partial charge in [-0.15, -0.1) is 0 Å². The van der Waals surface area contributed by atoms with Crippen LogP contribution < -0.4 is 10.1 Å². The van der Waals surface area contributed by atoms with Crippen molar-refractivity contribution in [2.24, 2.45) is 0 Å². The first-order valence-electron chi connectivity index (χ1n) is 8.82. The zero-order valence-corrected chi connectivity index (χ0v) is 16.5. The Bertz CT molecular complexity index is 1050. The summed E-state index contributed by atoms with van der Waals surface area (Å²) >= 11 is 0. The maximum absolute atomic E-state index is 13.1. The molecule has 0 aliphatic heterocycles. The predicted octanol–water partition coefficient (Wildman–Crippen LogP) is 3.30. The lowest BCUT2D eigenvalue weighted by Gasteiger charge is -2.17. The number of benzene rings is 2. The highest BCUT2D eigenvalue weighted by Crippen LogP contribution is 2.30. The van der Waals surface area contributed by atoms with Gasteiger partial charge in [0.25, 0.3) is 0 Å². The molecule has 3 rings (SSSR count). The van der Waals surface area contributed by atoms with Gasteiger partial charge in [-0.05, 0) is 54.1 Å². The van der Waals surface area contributed by atoms with E-state index in [4.69, 9.17) is 9.15 Å². The van der Waals surface area contributed by atoms with E-state index in [1.807, 2.05) is 0 Å². The van der Waals surface area contributed by atoms with Gasteiger partial charge in [0.1, 0.15) is 22.6 Å². The topological polar surface area (TPSA) is 85.6 Å². The zero-order valence-electron chi connectivity index (χ0n) is 15.7. The molecule has 1 aromatic heterocycles. The van der Waals surface area contributed by atoms with E-state index in [2.05, 4.69) is 5.32 Å². The highest BCUT2D eigenvalue weighted by atomic mass is 32.2. The summed E-state index contributed by atoms with van der Waals surface area (Å²) < 4.78 is 49.7. The molecule has 0 unspecified atom stereocenters. The standard InChI is InChI=1S/C21H20FNO5S/c1-27-17-8-10-18(11-9-17)29(25,26)20(19-3-2-12-28-19)14-23-21(24)13-15-4-6-16(22)7-5-15/h2-12,20H,13-14H2,1H3,(H,23,24)/t20-/m0/s1. The molecule has 0 saturated carbocycles. The monoisotopic (exact) mass is 417 g/mol. The summed E-state index contributed by atoms with van der Waals surface area (Å²) in [6, 6.07) is 14.7. The SMILES string of the molecule is COc1ccc(S(=O)(=O)[C@@H](CNC(=O)Cc2ccc(F)cc2)c2ccco2)cc1. The van der Waals surface area contributed by atoms with Crippen LogP contribution >= 0.6 is 0 Å². The van der Waals surface area contributed by atoms with Gasteiger partial charge in [0, 0.05) is 6.54 Å². The van der Waals surface area contributed by atoms with Crippen LogP contribution in [0.2, 0.25) is 0 Å². The average Bonchev–Trinajstić information content (AvgIpc) is 3.24. The Morgan fingerprint density at radius 3 is 2.38 bits per heavy atom. The van der Waals surface area contributed by atoms with Crippen molar-refractivity contribution in [1.29, 1.82) is 0 Å². The van der Waals surface area contributed by atoms with Crippen molar-refractivity contribution in [1.82, 2.24) is 5.32 Å². The van der Waals surface area contributed by atoms with E-state index in [1.165, 1.54) is 49.8 Å². The van der Waals surface area contributed by atoms with Crippen LogP contribution in [-0.4, -0.2) is 28.0 Å². The van der Waals surface area contributed by atoms with Gasteiger partial charge in [0.2, 0.25) is 5.91 Å². The Labute approximate surface area is 168 Å². The fraction of sp³-hybridized carbons (Fsp3) is 0.190. The molecule has 152 valence electrons. The van der Waals surface area contributed by atoms with Gasteiger partial charge < -0.3 is 14.5 Å². The van der Waals surface area contributed by atoms with Crippen LogP contribution in [0.3, 0.4) is 0 Å². The number of halogens is 1. The summed E-state index contributed by atoms with van der Waals surface area (Å²) in [5.41, 5.74) is 0.622. The molecule has 0 spiro atoms. The van der Waals surface area contributed by atoms with Gasteiger partial charge in [-0.3, -0.25) is 4.79 Å². The molecule has 0 bridgehead atoms. The number of carbonyl (C=O) groups is 1. The first kappa shape index (κ1) is 20.6. The summed E-state index contributed by atoms with van der Waals surface area (Å²) in [5, 5.41) is 1.54. The summed E-state index contributed by atoms with van der Waals surface area (Å²) in [4.78, 5) is 12.4. The van der Waals surface area contributed by atoms with Crippen LogP contribution in [0.5, 0.6) is 5.75 Å². The molecule has 2 aromatic carbocycles. The van der Waals surface area contributed by atoms with Crippen molar-refractivity contribution in [3.05, 3.63) is 84.1 Å². The van der Waals surface area contributed by atoms with Crippen molar-refractivity contribution in [2.75, 3.05) is 13.7 Å². The summed E-state index contributed by atoms with van der Waals surface area (Å²) in [6.45, 7) is -0.165. The largest absolute Gasteiger partial charge is 0.497 e. The molecule has 6 nitrogen and oxygen atoms in total. The van der Waals surface area contributed by atoms with Gasteiger partial charge in [-0.25, -0.2) is 12.8 Å². The Kier molecular flexibility index (Phi) is 6.33. The number of hydrogen-bond acceptors (Lipinski definition) is 5. The van der Waals surface area contributed by atoms with Gasteiger partial charge in [0.15, 0.2) is 9.84 Å². The number of sulfone groups is 1. The van der Waals surface area contributed by atoms with Crippen molar-refractivity contribution in [3.63, 3.8) is 0 Å². The van der Waals surface area contributed by atoms with Crippen molar-refractivity contribution in [3.8, 4) is 5.75 Å². The molecule has 29 heavy (non-hydrogen) atoms. The van der Waals surface area contributed by atoms with Crippen LogP contribution in [0.25, 0.3) is 0 Å². The fourth-order valence-corrected chi connectivity index (χ4v) is 4.41. The molecule has 8 heteroatoms. The lowest BCUT2D eigenvalue weighted by atomic mass is 10.1. The molecule has 1 N–H and O–H groups in total. The molecular formula is C21H20FNO5S. The van der Waals surface area contributed by atoms with E-state index in [9.17, 15) is 17.6 Å². The molecule has 0 saturated heterocycles. The zero-order chi connectivity index (χ0) is 20.9. The van der Waals surface area contributed by atoms with Crippen molar-refractivity contribution in [2.45, 2.75) is 16.6 Å². The third-order valence-corrected chi connectivity index (χ3v) is 6.46. The number of furan rings is 1. The highest BCUT2D eigenvalue weighted by Gasteiger charge is 2.31. The minimum absolute atomic E-state index is 0.00768. The second-order valence-electron chi connectivity index (χ2n) is 6.33. The van der Waals surface area contributed by atoms with E-state index in [-0.39, 0.29) is 29.5 Å². The first-order valence-corrected chi connectivity index (χ1v) is 10.4. The van der Waals surface area contributed by atoms with E-state index in [0.29, 0.717) is 11.3 Å². The number of hydrogen-bond donors (Lipinski definition) is 1. The molecule has 1 heterocycles. The van der Waals surface area contributed by atoms with Crippen molar-refractivity contribution >= 4 is 15.7 Å². The average molecular weight is 417 g/mol. The molecule has 0 aliphatic rings. The third kappa shape index (κ3) is 5.03. The smallest absolute Gasteiger partial charge is 0.224 e. The molecule has 0 aliphatic carbocycles. The van der Waals surface area contributed by atoms with Crippen LogP contribution in [0, 0.1) is 5.82 Å². The molecular weight excluding hydrogens is 397 g/mol. The normalized spacial score (nSPS) is 12.3. The van der Waals surface area contributed by atoms with E-state index < -0.39 is 20.9 Å². The van der Waals surface area contributed by atoms with Gasteiger partial charge >= 0.3 is 0 Å². The van der Waals surface area contributed by atoms with E-state index in [1.54, 1.807) is 24.3 Å². The Balaban J connectivity index is 1.76. The van der Waals surface area contributed by atoms with Gasteiger partial charge in [-0.1, -0.05) is 12.1 Å². The molecule has 0 fully saturated rings. The molecule has 1 amide bonds. The molecule has 1 atom stereocenters.